The number of sulfone groups is 1. The normalized spacial score (nSPS) is 20.7. The maximum Gasteiger partial charge on any atom is 0.217 e. The molecule has 0 amide bonds. The average Bonchev–Trinajstić information content (AvgIpc) is 2.81. The first-order chi connectivity index (χ1) is 10.7. The molecular formula is C15H23NO5S2. The Labute approximate surface area is 138 Å². The van der Waals surface area contributed by atoms with Crippen LogP contribution in [0.15, 0.2) is 24.3 Å². The summed E-state index contributed by atoms with van der Waals surface area (Å²) in [6.07, 6.45) is 0.369. The maximum atomic E-state index is 12.5. The SMILES string of the molecule is CCN([C@@H]1CCS(=O)(=O)C1)S(=O)(=O)CCOc1ccc(C)cc1. The Balaban J connectivity index is 1.95. The minimum Gasteiger partial charge on any atom is -0.492 e. The topological polar surface area (TPSA) is 80.8 Å². The van der Waals surface area contributed by atoms with Crippen molar-refractivity contribution >= 4 is 19.9 Å². The van der Waals surface area contributed by atoms with Gasteiger partial charge in [-0.3, -0.25) is 0 Å². The largest absolute Gasteiger partial charge is 0.492 e. The summed E-state index contributed by atoms with van der Waals surface area (Å²) in [6, 6.07) is 6.93. The fourth-order valence-electron chi connectivity index (χ4n) is 2.70. The van der Waals surface area contributed by atoms with Crippen LogP contribution < -0.4 is 4.74 Å². The first-order valence-corrected chi connectivity index (χ1v) is 11.1. The minimum absolute atomic E-state index is 0.0430. The number of aryl methyl sites for hydroxylation is 1. The van der Waals surface area contributed by atoms with Gasteiger partial charge in [0.25, 0.3) is 0 Å². The van der Waals surface area contributed by atoms with Gasteiger partial charge in [-0.05, 0) is 25.5 Å². The molecule has 2 rings (SSSR count). The van der Waals surface area contributed by atoms with Crippen molar-refractivity contribution in [3.63, 3.8) is 0 Å². The molecular weight excluding hydrogens is 338 g/mol. The molecule has 0 bridgehead atoms. The Morgan fingerprint density at radius 2 is 1.91 bits per heavy atom. The highest BCUT2D eigenvalue weighted by Crippen LogP contribution is 2.21. The van der Waals surface area contributed by atoms with E-state index in [1.54, 1.807) is 19.1 Å². The molecule has 1 fully saturated rings. The fraction of sp³-hybridized carbons (Fsp3) is 0.600. The van der Waals surface area contributed by atoms with Gasteiger partial charge in [-0.1, -0.05) is 24.6 Å². The molecule has 0 unspecified atom stereocenters. The molecule has 130 valence electrons. The van der Waals surface area contributed by atoms with E-state index in [1.807, 2.05) is 19.1 Å². The van der Waals surface area contributed by atoms with Crippen LogP contribution in [0.5, 0.6) is 5.75 Å². The predicted molar refractivity (Wildman–Crippen MR) is 89.9 cm³/mol. The van der Waals surface area contributed by atoms with E-state index in [1.165, 1.54) is 4.31 Å². The van der Waals surface area contributed by atoms with E-state index < -0.39 is 25.9 Å². The Morgan fingerprint density at radius 3 is 2.43 bits per heavy atom. The second-order valence-electron chi connectivity index (χ2n) is 5.74. The zero-order valence-corrected chi connectivity index (χ0v) is 15.1. The highest BCUT2D eigenvalue weighted by molar-refractivity contribution is 7.92. The number of benzene rings is 1. The van der Waals surface area contributed by atoms with Crippen molar-refractivity contribution in [3.8, 4) is 5.75 Å². The highest BCUT2D eigenvalue weighted by Gasteiger charge is 2.36. The Bertz CT molecular complexity index is 726. The van der Waals surface area contributed by atoms with E-state index >= 15 is 0 Å². The Morgan fingerprint density at radius 1 is 1.26 bits per heavy atom. The molecule has 0 radical (unpaired) electrons. The maximum absolute atomic E-state index is 12.5. The van der Waals surface area contributed by atoms with Crippen molar-refractivity contribution in [2.45, 2.75) is 26.3 Å². The zero-order valence-electron chi connectivity index (χ0n) is 13.4. The van der Waals surface area contributed by atoms with Crippen LogP contribution in [0.1, 0.15) is 18.9 Å². The molecule has 1 aliphatic rings. The lowest BCUT2D eigenvalue weighted by atomic mass is 10.2. The molecule has 1 aromatic carbocycles. The molecule has 1 aromatic rings. The van der Waals surface area contributed by atoms with Gasteiger partial charge in [-0.15, -0.1) is 0 Å². The third-order valence-corrected chi connectivity index (χ3v) is 7.62. The molecule has 1 aliphatic heterocycles. The van der Waals surface area contributed by atoms with Gasteiger partial charge in [0, 0.05) is 12.6 Å². The summed E-state index contributed by atoms with van der Waals surface area (Å²) < 4.78 is 54.8. The number of nitrogens with zero attached hydrogens (tertiary/aromatic N) is 1. The summed E-state index contributed by atoms with van der Waals surface area (Å²) in [7, 11) is -6.66. The summed E-state index contributed by atoms with van der Waals surface area (Å²) >= 11 is 0. The first-order valence-electron chi connectivity index (χ1n) is 7.63. The molecule has 0 aliphatic carbocycles. The van der Waals surface area contributed by atoms with Gasteiger partial charge in [0.2, 0.25) is 10.0 Å². The number of ether oxygens (including phenoxy) is 1. The van der Waals surface area contributed by atoms with E-state index in [0.29, 0.717) is 12.2 Å². The molecule has 8 heteroatoms. The van der Waals surface area contributed by atoms with Gasteiger partial charge in [0.05, 0.1) is 17.3 Å². The average molecular weight is 361 g/mol. The van der Waals surface area contributed by atoms with Gasteiger partial charge in [-0.25, -0.2) is 16.8 Å². The van der Waals surface area contributed by atoms with Crippen molar-refractivity contribution in [1.82, 2.24) is 4.31 Å². The number of sulfonamides is 1. The van der Waals surface area contributed by atoms with Crippen LogP contribution in [0.25, 0.3) is 0 Å². The summed E-state index contributed by atoms with van der Waals surface area (Å²) in [4.78, 5) is 0. The molecule has 1 heterocycles. The van der Waals surface area contributed by atoms with Gasteiger partial charge in [0.15, 0.2) is 9.84 Å². The minimum atomic E-state index is -3.54. The van der Waals surface area contributed by atoms with Crippen molar-refractivity contribution in [3.05, 3.63) is 29.8 Å². The third-order valence-electron chi connectivity index (χ3n) is 3.92. The standard InChI is InChI=1S/C15H23NO5S2/c1-3-16(14-8-10-22(17,18)12-14)23(19,20)11-9-21-15-6-4-13(2)5-7-15/h4-7,14H,3,8-12H2,1-2H3/t14-/m1/s1. The van der Waals surface area contributed by atoms with Crippen LogP contribution in [-0.4, -0.2) is 57.6 Å². The van der Waals surface area contributed by atoms with Crippen LogP contribution in [0.2, 0.25) is 0 Å². The third kappa shape index (κ3) is 4.92. The molecule has 6 nitrogen and oxygen atoms in total. The van der Waals surface area contributed by atoms with Crippen LogP contribution in [0.4, 0.5) is 0 Å². The summed E-state index contributed by atoms with van der Waals surface area (Å²) in [5.41, 5.74) is 1.10. The Kier molecular flexibility index (Phi) is 5.70. The monoisotopic (exact) mass is 361 g/mol. The first kappa shape index (κ1) is 18.2. The molecule has 1 atom stereocenters. The number of hydrogen-bond acceptors (Lipinski definition) is 5. The van der Waals surface area contributed by atoms with E-state index in [9.17, 15) is 16.8 Å². The molecule has 1 saturated heterocycles. The molecule has 23 heavy (non-hydrogen) atoms. The smallest absolute Gasteiger partial charge is 0.217 e. The number of rotatable bonds is 7. The van der Waals surface area contributed by atoms with Crippen LogP contribution >= 0.6 is 0 Å². The van der Waals surface area contributed by atoms with Crippen LogP contribution in [0.3, 0.4) is 0 Å². The molecule has 0 N–H and O–H groups in total. The van der Waals surface area contributed by atoms with Gasteiger partial charge >= 0.3 is 0 Å². The van der Waals surface area contributed by atoms with E-state index in [0.717, 1.165) is 5.56 Å². The fourth-order valence-corrected chi connectivity index (χ4v) is 6.08. The van der Waals surface area contributed by atoms with Gasteiger partial charge in [-0.2, -0.15) is 4.31 Å². The van der Waals surface area contributed by atoms with Gasteiger partial charge in [0.1, 0.15) is 12.4 Å². The lowest BCUT2D eigenvalue weighted by molar-refractivity contribution is 0.323. The second-order valence-corrected chi connectivity index (χ2v) is 10.0. The lowest BCUT2D eigenvalue weighted by Crippen LogP contribution is -2.43. The van der Waals surface area contributed by atoms with Crippen LogP contribution in [0, 0.1) is 6.92 Å². The predicted octanol–water partition coefficient (Wildman–Crippen LogP) is 1.21. The van der Waals surface area contributed by atoms with Crippen molar-refractivity contribution in [2.75, 3.05) is 30.4 Å². The number of hydrogen-bond donors (Lipinski definition) is 0. The van der Waals surface area contributed by atoms with E-state index in [4.69, 9.17) is 4.74 Å². The quantitative estimate of drug-likeness (QED) is 0.729. The summed E-state index contributed by atoms with van der Waals surface area (Å²) in [5, 5.41) is 0. The van der Waals surface area contributed by atoms with Crippen molar-refractivity contribution in [1.29, 1.82) is 0 Å². The molecule has 0 saturated carbocycles. The summed E-state index contributed by atoms with van der Waals surface area (Å²) in [6.45, 7) is 4.00. The zero-order chi connectivity index (χ0) is 17.1. The van der Waals surface area contributed by atoms with E-state index in [2.05, 4.69) is 0 Å². The summed E-state index contributed by atoms with van der Waals surface area (Å²) in [5.74, 6) is 0.436. The van der Waals surface area contributed by atoms with E-state index in [-0.39, 0.29) is 30.4 Å². The molecule has 0 aromatic heterocycles. The second kappa shape index (κ2) is 7.19. The van der Waals surface area contributed by atoms with Crippen LogP contribution in [-0.2, 0) is 19.9 Å². The molecule has 0 spiro atoms. The van der Waals surface area contributed by atoms with Crippen molar-refractivity contribution in [2.24, 2.45) is 0 Å². The van der Waals surface area contributed by atoms with Crippen molar-refractivity contribution < 1.29 is 21.6 Å². The lowest BCUT2D eigenvalue weighted by Gasteiger charge is -2.25. The Hall–Kier alpha value is -1.12. The van der Waals surface area contributed by atoms with Gasteiger partial charge < -0.3 is 4.74 Å². The highest BCUT2D eigenvalue weighted by atomic mass is 32.2.